The number of ether oxygens (including phenoxy) is 2. The van der Waals surface area contributed by atoms with Gasteiger partial charge in [-0.25, -0.2) is 14.6 Å². The summed E-state index contributed by atoms with van der Waals surface area (Å²) in [6.07, 6.45) is 0. The fraction of sp³-hybridized carbons (Fsp3) is 0.0312. The first kappa shape index (κ1) is 26.2. The van der Waals surface area contributed by atoms with Gasteiger partial charge in [-0.1, -0.05) is 78.9 Å². The van der Waals surface area contributed by atoms with Crippen LogP contribution in [0.5, 0.6) is 0 Å². The number of carbonyl (C=O) groups excluding carboxylic acids is 2. The van der Waals surface area contributed by atoms with Gasteiger partial charge in [0.15, 0.2) is 17.4 Å². The van der Waals surface area contributed by atoms with Crippen LogP contribution in [0.1, 0.15) is 11.1 Å². The molecule has 0 N–H and O–H groups in total. The van der Waals surface area contributed by atoms with Gasteiger partial charge in [0.2, 0.25) is 0 Å². The van der Waals surface area contributed by atoms with Gasteiger partial charge >= 0.3 is 11.9 Å². The standard InChI is InChI=1S/C32H22N4O6/c1-41-31(37)26-27(32(38)42-28(26)22-14-11-19-25(20-22)36(39)40)30-34(23-15-7-3-8-16-23)29(21-12-5-2-6-13-21)33-35(30)24-17-9-4-10-18-24/h2-20H,1H3/b30-27-. The van der Waals surface area contributed by atoms with Crippen LogP contribution in [-0.2, 0) is 19.1 Å². The fourth-order valence-electron chi connectivity index (χ4n) is 4.82. The predicted molar refractivity (Wildman–Crippen MR) is 156 cm³/mol. The zero-order chi connectivity index (χ0) is 29.2. The monoisotopic (exact) mass is 558 g/mol. The van der Waals surface area contributed by atoms with Crippen molar-refractivity contribution in [1.82, 2.24) is 0 Å². The number of esters is 2. The molecule has 10 heteroatoms. The molecule has 0 aliphatic carbocycles. The van der Waals surface area contributed by atoms with Crippen LogP contribution in [0, 0.1) is 10.1 Å². The molecule has 0 radical (unpaired) electrons. The number of amidine groups is 1. The van der Waals surface area contributed by atoms with Crippen LogP contribution in [0.2, 0.25) is 0 Å². The lowest BCUT2D eigenvalue weighted by molar-refractivity contribution is -0.384. The molecule has 0 spiro atoms. The van der Waals surface area contributed by atoms with Gasteiger partial charge in [0, 0.05) is 28.9 Å². The quantitative estimate of drug-likeness (QED) is 0.129. The minimum absolute atomic E-state index is 0.106. The molecule has 4 aromatic carbocycles. The maximum absolute atomic E-state index is 13.8. The highest BCUT2D eigenvalue weighted by molar-refractivity contribution is 6.21. The van der Waals surface area contributed by atoms with Crippen LogP contribution >= 0.6 is 0 Å². The van der Waals surface area contributed by atoms with Gasteiger partial charge in [-0.15, -0.1) is 5.10 Å². The first-order chi connectivity index (χ1) is 20.5. The Morgan fingerprint density at radius 2 is 1.43 bits per heavy atom. The molecule has 0 bridgehead atoms. The van der Waals surface area contributed by atoms with E-state index in [2.05, 4.69) is 0 Å². The predicted octanol–water partition coefficient (Wildman–Crippen LogP) is 5.64. The van der Waals surface area contributed by atoms with Gasteiger partial charge in [0.25, 0.3) is 5.69 Å². The smallest absolute Gasteiger partial charge is 0.348 e. The van der Waals surface area contributed by atoms with Gasteiger partial charge < -0.3 is 9.47 Å². The summed E-state index contributed by atoms with van der Waals surface area (Å²) in [7, 11) is 1.19. The summed E-state index contributed by atoms with van der Waals surface area (Å²) >= 11 is 0. The molecule has 2 heterocycles. The Labute approximate surface area is 240 Å². The first-order valence-corrected chi connectivity index (χ1v) is 12.9. The molecular weight excluding hydrogens is 536 g/mol. The highest BCUT2D eigenvalue weighted by Gasteiger charge is 2.45. The van der Waals surface area contributed by atoms with Crippen molar-refractivity contribution in [3.8, 4) is 0 Å². The number of anilines is 2. The molecule has 2 aliphatic rings. The number of nitro groups is 1. The number of rotatable bonds is 6. The Kier molecular flexibility index (Phi) is 6.77. The zero-order valence-corrected chi connectivity index (χ0v) is 22.2. The Bertz CT molecular complexity index is 1800. The molecule has 0 saturated heterocycles. The summed E-state index contributed by atoms with van der Waals surface area (Å²) in [5.74, 6) is -1.10. The SMILES string of the molecule is COC(=O)C1=C(c2cccc([N+](=O)[O-])c2)OC(=O)/C1=C1\N(c2ccccc2)N=C(c2ccccc2)N1c1ccccc1. The van der Waals surface area contributed by atoms with Crippen LogP contribution in [-0.4, -0.2) is 29.8 Å². The Balaban J connectivity index is 1.68. The van der Waals surface area contributed by atoms with E-state index in [0.717, 1.165) is 5.56 Å². The summed E-state index contributed by atoms with van der Waals surface area (Å²) in [6.45, 7) is 0. The highest BCUT2D eigenvalue weighted by Crippen LogP contribution is 2.43. The lowest BCUT2D eigenvalue weighted by Gasteiger charge is -2.26. The van der Waals surface area contributed by atoms with E-state index in [1.165, 1.54) is 31.4 Å². The van der Waals surface area contributed by atoms with Crippen molar-refractivity contribution in [3.05, 3.63) is 153 Å². The number of para-hydroxylation sites is 2. The number of hydrazone groups is 1. The number of hydrogen-bond donors (Lipinski definition) is 0. The third-order valence-corrected chi connectivity index (χ3v) is 6.67. The van der Waals surface area contributed by atoms with Crippen LogP contribution in [0.25, 0.3) is 5.76 Å². The Morgan fingerprint density at radius 1 is 0.833 bits per heavy atom. The van der Waals surface area contributed by atoms with E-state index in [0.29, 0.717) is 17.2 Å². The molecule has 10 nitrogen and oxygen atoms in total. The second-order valence-electron chi connectivity index (χ2n) is 9.20. The summed E-state index contributed by atoms with van der Waals surface area (Å²) in [5.41, 5.74) is 1.71. The number of cyclic esters (lactones) is 1. The molecule has 42 heavy (non-hydrogen) atoms. The van der Waals surface area contributed by atoms with Crippen molar-refractivity contribution in [3.63, 3.8) is 0 Å². The Morgan fingerprint density at radius 3 is 2.05 bits per heavy atom. The van der Waals surface area contributed by atoms with E-state index in [1.807, 2.05) is 91.0 Å². The fourth-order valence-corrected chi connectivity index (χ4v) is 4.82. The normalized spacial score (nSPS) is 16.4. The first-order valence-electron chi connectivity index (χ1n) is 12.9. The largest absolute Gasteiger partial charge is 0.465 e. The lowest BCUT2D eigenvalue weighted by Crippen LogP contribution is -2.32. The van der Waals surface area contributed by atoms with E-state index in [1.54, 1.807) is 9.91 Å². The second-order valence-corrected chi connectivity index (χ2v) is 9.20. The van der Waals surface area contributed by atoms with Gasteiger partial charge in [0.1, 0.15) is 11.1 Å². The molecule has 0 fully saturated rings. The summed E-state index contributed by atoms with van der Waals surface area (Å²) in [6, 6.07) is 33.4. The number of hydrogen-bond acceptors (Lipinski definition) is 9. The van der Waals surface area contributed by atoms with Crippen LogP contribution < -0.4 is 9.91 Å². The van der Waals surface area contributed by atoms with Gasteiger partial charge in [-0.2, -0.15) is 0 Å². The zero-order valence-electron chi connectivity index (χ0n) is 22.2. The molecule has 0 saturated carbocycles. The number of carbonyl (C=O) groups is 2. The molecular formula is C32H22N4O6. The van der Waals surface area contributed by atoms with E-state index < -0.39 is 16.9 Å². The average Bonchev–Trinajstić information content (AvgIpc) is 3.60. The van der Waals surface area contributed by atoms with Crippen LogP contribution in [0.3, 0.4) is 0 Å². The van der Waals surface area contributed by atoms with E-state index in [4.69, 9.17) is 14.6 Å². The number of nitrogens with zero attached hydrogens (tertiary/aromatic N) is 4. The second kappa shape index (κ2) is 10.9. The lowest BCUT2D eigenvalue weighted by atomic mass is 10.0. The van der Waals surface area contributed by atoms with Crippen LogP contribution in [0.4, 0.5) is 17.1 Å². The van der Waals surface area contributed by atoms with Crippen molar-refractivity contribution in [2.24, 2.45) is 5.10 Å². The molecule has 0 amide bonds. The third-order valence-electron chi connectivity index (χ3n) is 6.67. The topological polar surface area (TPSA) is 115 Å². The molecule has 6 rings (SSSR count). The molecule has 4 aromatic rings. The van der Waals surface area contributed by atoms with Gasteiger partial charge in [-0.3, -0.25) is 15.0 Å². The van der Waals surface area contributed by atoms with Crippen LogP contribution in [0.15, 0.2) is 137 Å². The van der Waals surface area contributed by atoms with E-state index >= 15 is 0 Å². The van der Waals surface area contributed by atoms with Gasteiger partial charge in [0.05, 0.1) is 17.7 Å². The molecule has 0 atom stereocenters. The molecule has 2 aliphatic heterocycles. The maximum atomic E-state index is 13.8. The third kappa shape index (κ3) is 4.56. The summed E-state index contributed by atoms with van der Waals surface area (Å²) < 4.78 is 10.8. The number of nitro benzene ring substituents is 1. The van der Waals surface area contributed by atoms with E-state index in [-0.39, 0.29) is 34.0 Å². The number of methoxy groups -OCH3 is 1. The molecule has 0 aromatic heterocycles. The van der Waals surface area contributed by atoms with Crippen molar-refractivity contribution < 1.29 is 24.0 Å². The van der Waals surface area contributed by atoms with Crippen molar-refractivity contribution in [1.29, 1.82) is 0 Å². The minimum Gasteiger partial charge on any atom is -0.465 e. The average molecular weight is 559 g/mol. The number of non-ortho nitro benzene ring substituents is 1. The summed E-state index contributed by atoms with van der Waals surface area (Å²) in [4.78, 5) is 39.9. The van der Waals surface area contributed by atoms with E-state index in [9.17, 15) is 19.7 Å². The molecule has 206 valence electrons. The summed E-state index contributed by atoms with van der Waals surface area (Å²) in [5, 5.41) is 18.0. The highest BCUT2D eigenvalue weighted by atomic mass is 16.6. The van der Waals surface area contributed by atoms with Gasteiger partial charge in [-0.05, 0) is 24.3 Å². The molecule has 0 unspecified atom stereocenters. The van der Waals surface area contributed by atoms with Crippen molar-refractivity contribution in [2.45, 2.75) is 0 Å². The number of benzene rings is 4. The Hall–Kier alpha value is -6.03. The minimum atomic E-state index is -0.848. The van der Waals surface area contributed by atoms with Crippen molar-refractivity contribution >= 4 is 40.6 Å². The van der Waals surface area contributed by atoms with Crippen molar-refractivity contribution in [2.75, 3.05) is 17.0 Å². The maximum Gasteiger partial charge on any atom is 0.348 e.